The van der Waals surface area contributed by atoms with Gasteiger partial charge in [-0.1, -0.05) is 47.5 Å². The maximum atomic E-state index is 13.7. The average molecular weight is 593 g/mol. The fourth-order valence-corrected chi connectivity index (χ4v) is 6.38. The Morgan fingerprint density at radius 2 is 1.90 bits per heavy atom. The molecule has 1 unspecified atom stereocenters. The number of urea groups is 1. The minimum Gasteiger partial charge on any atom is -0.341 e. The van der Waals surface area contributed by atoms with Crippen molar-refractivity contribution in [2.75, 3.05) is 46.3 Å². The van der Waals surface area contributed by atoms with E-state index in [-0.39, 0.29) is 17.9 Å². The molecule has 2 heterocycles. The third kappa shape index (κ3) is 6.78. The van der Waals surface area contributed by atoms with Gasteiger partial charge in [0.25, 0.3) is 5.91 Å². The van der Waals surface area contributed by atoms with E-state index in [1.807, 2.05) is 60.5 Å². The number of carbonyl (C=O) groups is 2. The van der Waals surface area contributed by atoms with Crippen molar-refractivity contribution in [3.63, 3.8) is 0 Å². The van der Waals surface area contributed by atoms with E-state index >= 15 is 0 Å². The number of likely N-dealkylation sites (tertiary alicyclic amines) is 1. The number of amides is 3. The van der Waals surface area contributed by atoms with Crippen molar-refractivity contribution < 1.29 is 9.59 Å². The van der Waals surface area contributed by atoms with Gasteiger partial charge in [-0.3, -0.25) is 4.79 Å². The summed E-state index contributed by atoms with van der Waals surface area (Å²) in [4.78, 5) is 32.2. The number of fused-ring (bicyclic) bond motifs is 1. The lowest BCUT2D eigenvalue weighted by Gasteiger charge is -2.40. The second-order valence-electron chi connectivity index (χ2n) is 11.0. The number of rotatable bonds is 8. The van der Waals surface area contributed by atoms with Gasteiger partial charge in [-0.25, -0.2) is 4.79 Å². The van der Waals surface area contributed by atoms with Gasteiger partial charge in [-0.15, -0.1) is 0 Å². The number of nitriles is 1. The molecule has 2 fully saturated rings. The van der Waals surface area contributed by atoms with Gasteiger partial charge >= 0.3 is 6.03 Å². The molecule has 5 rings (SSSR count). The van der Waals surface area contributed by atoms with Gasteiger partial charge in [-0.2, -0.15) is 5.26 Å². The summed E-state index contributed by atoms with van der Waals surface area (Å²) < 4.78 is 0. The van der Waals surface area contributed by atoms with Crippen molar-refractivity contribution in [1.82, 2.24) is 20.0 Å². The standard InChI is InChI=1S/C32H35Cl2N5O2/c1-37(31(40)28-5-2-4-24-18-22(20-35)6-8-27(24)28)21-25(23-7-9-29(33)30(34)19-23)10-15-38-16-11-26(12-17-38)39-14-3-13-36-32(39)41/h2,4-9,18-19,25-26H,3,10-17,21H2,1H3,(H,36,41). The first kappa shape index (κ1) is 29.2. The van der Waals surface area contributed by atoms with Gasteiger partial charge in [0.05, 0.1) is 21.7 Å². The maximum absolute atomic E-state index is 13.7. The maximum Gasteiger partial charge on any atom is 0.317 e. The van der Waals surface area contributed by atoms with Crippen LogP contribution < -0.4 is 5.32 Å². The minimum absolute atomic E-state index is 0.0597. The quantitative estimate of drug-likeness (QED) is 0.341. The third-order valence-electron chi connectivity index (χ3n) is 8.40. The molecule has 2 saturated heterocycles. The number of carbonyl (C=O) groups excluding carboxylic acids is 2. The minimum atomic E-state index is -0.0639. The molecule has 41 heavy (non-hydrogen) atoms. The molecule has 2 aliphatic heterocycles. The number of hydrogen-bond acceptors (Lipinski definition) is 4. The highest BCUT2D eigenvalue weighted by molar-refractivity contribution is 6.42. The van der Waals surface area contributed by atoms with Gasteiger partial charge in [0.1, 0.15) is 0 Å². The summed E-state index contributed by atoms with van der Waals surface area (Å²) >= 11 is 12.6. The molecule has 0 saturated carbocycles. The average Bonchev–Trinajstić information content (AvgIpc) is 3.00. The SMILES string of the molecule is CN(CC(CCN1CCC(N2CCCNC2=O)CC1)c1ccc(Cl)c(Cl)c1)C(=O)c1cccc2cc(C#N)ccc12. The molecule has 9 heteroatoms. The van der Waals surface area contributed by atoms with Crippen LogP contribution in [0.3, 0.4) is 0 Å². The van der Waals surface area contributed by atoms with E-state index < -0.39 is 0 Å². The highest BCUT2D eigenvalue weighted by atomic mass is 35.5. The van der Waals surface area contributed by atoms with E-state index in [4.69, 9.17) is 23.2 Å². The van der Waals surface area contributed by atoms with Crippen LogP contribution in [0.1, 0.15) is 53.1 Å². The summed E-state index contributed by atoms with van der Waals surface area (Å²) in [7, 11) is 1.84. The Labute approximate surface area is 251 Å². The molecule has 0 bridgehead atoms. The molecule has 3 aromatic rings. The van der Waals surface area contributed by atoms with E-state index in [9.17, 15) is 14.9 Å². The van der Waals surface area contributed by atoms with Crippen molar-refractivity contribution in [1.29, 1.82) is 5.26 Å². The fraction of sp³-hybridized carbons (Fsp3) is 0.406. The lowest BCUT2D eigenvalue weighted by atomic mass is 9.93. The molecule has 3 aromatic carbocycles. The van der Waals surface area contributed by atoms with Gasteiger partial charge in [-0.05, 0) is 78.9 Å². The molecule has 7 nitrogen and oxygen atoms in total. The van der Waals surface area contributed by atoms with Gasteiger partial charge in [0, 0.05) is 57.3 Å². The van der Waals surface area contributed by atoms with Crippen LogP contribution in [-0.4, -0.2) is 79.0 Å². The first-order valence-electron chi connectivity index (χ1n) is 14.2. The van der Waals surface area contributed by atoms with Gasteiger partial charge < -0.3 is 20.0 Å². The Balaban J connectivity index is 1.28. The highest BCUT2D eigenvalue weighted by Crippen LogP contribution is 2.30. The van der Waals surface area contributed by atoms with Crippen LogP contribution in [0, 0.1) is 11.3 Å². The smallest absolute Gasteiger partial charge is 0.317 e. The summed E-state index contributed by atoms with van der Waals surface area (Å²) in [5.41, 5.74) is 2.24. The zero-order valence-corrected chi connectivity index (χ0v) is 24.8. The molecule has 0 radical (unpaired) electrons. The zero-order chi connectivity index (χ0) is 28.9. The summed E-state index contributed by atoms with van der Waals surface area (Å²) in [6.45, 7) is 4.90. The molecule has 214 valence electrons. The van der Waals surface area contributed by atoms with E-state index in [1.165, 1.54) is 0 Å². The molecule has 1 N–H and O–H groups in total. The van der Waals surface area contributed by atoms with E-state index in [0.717, 1.165) is 74.7 Å². The number of halogens is 2. The second kappa shape index (κ2) is 13.1. The lowest BCUT2D eigenvalue weighted by Crippen LogP contribution is -2.54. The predicted octanol–water partition coefficient (Wildman–Crippen LogP) is 6.14. The van der Waals surface area contributed by atoms with Crippen molar-refractivity contribution in [2.24, 2.45) is 0 Å². The van der Waals surface area contributed by atoms with Crippen LogP contribution in [0.4, 0.5) is 4.79 Å². The Bertz CT molecular complexity index is 1460. The van der Waals surface area contributed by atoms with Gasteiger partial charge in [0.2, 0.25) is 0 Å². The molecular formula is C32H35Cl2N5O2. The fourth-order valence-electron chi connectivity index (χ4n) is 6.08. The van der Waals surface area contributed by atoms with Crippen LogP contribution >= 0.6 is 23.2 Å². The number of nitrogens with zero attached hydrogens (tertiary/aromatic N) is 4. The number of nitrogens with one attached hydrogen (secondary N) is 1. The summed E-state index contributed by atoms with van der Waals surface area (Å²) in [6, 6.07) is 19.3. The summed E-state index contributed by atoms with van der Waals surface area (Å²) in [6.07, 6.45) is 3.80. The number of piperidine rings is 1. The van der Waals surface area contributed by atoms with Crippen LogP contribution in [0.15, 0.2) is 54.6 Å². The first-order chi connectivity index (χ1) is 19.8. The van der Waals surface area contributed by atoms with E-state index in [0.29, 0.717) is 33.8 Å². The number of hydrogen-bond donors (Lipinski definition) is 1. The first-order valence-corrected chi connectivity index (χ1v) is 15.0. The third-order valence-corrected chi connectivity index (χ3v) is 9.14. The lowest BCUT2D eigenvalue weighted by molar-refractivity contribution is 0.0780. The number of benzene rings is 3. The monoisotopic (exact) mass is 591 g/mol. The van der Waals surface area contributed by atoms with Crippen LogP contribution in [0.5, 0.6) is 0 Å². The predicted molar refractivity (Wildman–Crippen MR) is 164 cm³/mol. The largest absolute Gasteiger partial charge is 0.341 e. The Morgan fingerprint density at radius 1 is 1.10 bits per heavy atom. The number of likely N-dealkylation sites (N-methyl/N-ethyl adjacent to an activating group) is 1. The molecule has 0 spiro atoms. The molecule has 2 aliphatic rings. The Kier molecular flexibility index (Phi) is 9.34. The Hall–Kier alpha value is -3.31. The van der Waals surface area contributed by atoms with Crippen LogP contribution in [0.2, 0.25) is 10.0 Å². The molecule has 3 amide bonds. The topological polar surface area (TPSA) is 79.7 Å². The van der Waals surface area contributed by atoms with E-state index in [2.05, 4.69) is 16.3 Å². The van der Waals surface area contributed by atoms with E-state index in [1.54, 1.807) is 11.0 Å². The van der Waals surface area contributed by atoms with Crippen molar-refractivity contribution >= 4 is 45.9 Å². The molecule has 1 atom stereocenters. The van der Waals surface area contributed by atoms with Crippen LogP contribution in [-0.2, 0) is 0 Å². The molecular weight excluding hydrogens is 557 g/mol. The zero-order valence-electron chi connectivity index (χ0n) is 23.3. The molecule has 0 aromatic heterocycles. The summed E-state index contributed by atoms with van der Waals surface area (Å²) in [5, 5.41) is 15.0. The Morgan fingerprint density at radius 3 is 2.63 bits per heavy atom. The van der Waals surface area contributed by atoms with Gasteiger partial charge in [0.15, 0.2) is 0 Å². The van der Waals surface area contributed by atoms with Crippen LogP contribution in [0.25, 0.3) is 10.8 Å². The van der Waals surface area contributed by atoms with Crippen molar-refractivity contribution in [2.45, 2.75) is 37.6 Å². The highest BCUT2D eigenvalue weighted by Gasteiger charge is 2.30. The summed E-state index contributed by atoms with van der Waals surface area (Å²) in [5.74, 6) is -0.00419. The van der Waals surface area contributed by atoms with Crippen molar-refractivity contribution in [3.05, 3.63) is 81.3 Å². The van der Waals surface area contributed by atoms with Crippen molar-refractivity contribution in [3.8, 4) is 6.07 Å². The second-order valence-corrected chi connectivity index (χ2v) is 11.9. The normalized spacial score (nSPS) is 17.2. The molecule has 0 aliphatic carbocycles.